The molecule has 0 aromatic heterocycles. The molecule has 2 heterocycles. The van der Waals surface area contributed by atoms with E-state index in [0.29, 0.717) is 23.9 Å². The van der Waals surface area contributed by atoms with Crippen LogP contribution in [0.1, 0.15) is 39.5 Å². The van der Waals surface area contributed by atoms with E-state index in [1.165, 1.54) is 12.8 Å². The summed E-state index contributed by atoms with van der Waals surface area (Å²) in [4.78, 5) is 7.25. The van der Waals surface area contributed by atoms with E-state index >= 15 is 0 Å². The Hall–Kier alpha value is -1.60. The van der Waals surface area contributed by atoms with Crippen LogP contribution in [0.4, 0.5) is 0 Å². The highest BCUT2D eigenvalue weighted by Crippen LogP contribution is 2.25. The Labute approximate surface area is 176 Å². The van der Waals surface area contributed by atoms with Crippen LogP contribution >= 0.6 is 0 Å². The maximum atomic E-state index is 12.8. The maximum absolute atomic E-state index is 12.8. The van der Waals surface area contributed by atoms with Gasteiger partial charge in [0.05, 0.1) is 4.90 Å². The highest BCUT2D eigenvalue weighted by molar-refractivity contribution is 7.89. The topological polar surface area (TPSA) is 65.0 Å². The molecule has 0 spiro atoms. The summed E-state index contributed by atoms with van der Waals surface area (Å²) in [5, 5.41) is 3.55. The van der Waals surface area contributed by atoms with Gasteiger partial charge in [-0.05, 0) is 55.6 Å². The number of nitrogens with one attached hydrogen (secondary N) is 1. The molecule has 7 heteroatoms. The van der Waals surface area contributed by atoms with Gasteiger partial charge in [0.25, 0.3) is 0 Å². The van der Waals surface area contributed by atoms with E-state index in [2.05, 4.69) is 29.1 Å². The van der Waals surface area contributed by atoms with E-state index in [0.717, 1.165) is 50.3 Å². The van der Waals surface area contributed by atoms with Gasteiger partial charge in [-0.1, -0.05) is 32.0 Å². The quantitative estimate of drug-likeness (QED) is 0.567. The third kappa shape index (κ3) is 5.72. The molecule has 0 amide bonds. The van der Waals surface area contributed by atoms with Crippen molar-refractivity contribution in [2.45, 2.75) is 44.4 Å². The Morgan fingerprint density at radius 2 is 1.76 bits per heavy atom. The van der Waals surface area contributed by atoms with Gasteiger partial charge in [0.15, 0.2) is 5.96 Å². The summed E-state index contributed by atoms with van der Waals surface area (Å²) in [6, 6.07) is 8.75. The number of aliphatic imine (C=N–C) groups is 1. The molecule has 0 bridgehead atoms. The van der Waals surface area contributed by atoms with Crippen molar-refractivity contribution in [2.24, 2.45) is 22.7 Å². The van der Waals surface area contributed by atoms with Crippen molar-refractivity contribution in [2.75, 3.05) is 39.8 Å². The Morgan fingerprint density at radius 1 is 1.10 bits per heavy atom. The van der Waals surface area contributed by atoms with Crippen molar-refractivity contribution in [3.05, 3.63) is 30.3 Å². The zero-order chi connectivity index (χ0) is 20.9. The average Bonchev–Trinajstić information content (AvgIpc) is 3.17. The monoisotopic (exact) mass is 420 g/mol. The second-order valence-corrected chi connectivity index (χ2v) is 10.8. The zero-order valence-electron chi connectivity index (χ0n) is 18.0. The first kappa shape index (κ1) is 22.1. The molecule has 2 saturated heterocycles. The molecule has 1 unspecified atom stereocenters. The fraction of sp³-hybridized carbons (Fsp3) is 0.682. The van der Waals surface area contributed by atoms with Crippen molar-refractivity contribution in [3.8, 4) is 0 Å². The lowest BCUT2D eigenvalue weighted by molar-refractivity contribution is 0.272. The Balaban J connectivity index is 1.46. The van der Waals surface area contributed by atoms with Crippen molar-refractivity contribution >= 4 is 16.0 Å². The van der Waals surface area contributed by atoms with Crippen molar-refractivity contribution in [3.63, 3.8) is 0 Å². The lowest BCUT2D eigenvalue weighted by atomic mass is 9.97. The number of sulfonamides is 1. The molecule has 0 radical (unpaired) electrons. The van der Waals surface area contributed by atoms with Gasteiger partial charge in [-0.3, -0.25) is 4.99 Å². The lowest BCUT2D eigenvalue weighted by Crippen LogP contribution is -2.45. The molecule has 1 aromatic carbocycles. The molecule has 2 aliphatic rings. The Kier molecular flexibility index (Phi) is 7.57. The molecule has 162 valence electrons. The van der Waals surface area contributed by atoms with E-state index in [4.69, 9.17) is 0 Å². The second-order valence-electron chi connectivity index (χ2n) is 8.82. The number of benzene rings is 1. The van der Waals surface area contributed by atoms with Gasteiger partial charge in [-0.15, -0.1) is 0 Å². The molecule has 3 rings (SSSR count). The summed E-state index contributed by atoms with van der Waals surface area (Å²) >= 11 is 0. The number of rotatable bonds is 6. The number of hydrogen-bond acceptors (Lipinski definition) is 3. The summed E-state index contributed by atoms with van der Waals surface area (Å²) in [7, 11) is -1.52. The Bertz CT molecular complexity index is 771. The minimum absolute atomic E-state index is 0.391. The van der Waals surface area contributed by atoms with Crippen LogP contribution in [0.25, 0.3) is 0 Å². The minimum Gasteiger partial charge on any atom is -0.356 e. The molecule has 1 atom stereocenters. The summed E-state index contributed by atoms with van der Waals surface area (Å²) < 4.78 is 27.2. The van der Waals surface area contributed by atoms with Gasteiger partial charge < -0.3 is 10.2 Å². The lowest BCUT2D eigenvalue weighted by Gasteiger charge is -2.32. The number of nitrogens with zero attached hydrogens (tertiary/aromatic N) is 3. The molecule has 1 N–H and O–H groups in total. The summed E-state index contributed by atoms with van der Waals surface area (Å²) in [6.07, 6.45) is 4.29. The first-order valence-electron chi connectivity index (χ1n) is 10.9. The van der Waals surface area contributed by atoms with Crippen LogP contribution in [0.3, 0.4) is 0 Å². The molecule has 0 saturated carbocycles. The van der Waals surface area contributed by atoms with Crippen LogP contribution in [-0.4, -0.2) is 63.4 Å². The highest BCUT2D eigenvalue weighted by Gasteiger charge is 2.30. The maximum Gasteiger partial charge on any atom is 0.243 e. The van der Waals surface area contributed by atoms with Gasteiger partial charge in [-0.25, -0.2) is 8.42 Å². The van der Waals surface area contributed by atoms with Crippen LogP contribution < -0.4 is 5.32 Å². The average molecular weight is 421 g/mol. The van der Waals surface area contributed by atoms with E-state index in [1.54, 1.807) is 28.6 Å². The molecule has 29 heavy (non-hydrogen) atoms. The van der Waals surface area contributed by atoms with E-state index < -0.39 is 10.0 Å². The largest absolute Gasteiger partial charge is 0.356 e. The first-order chi connectivity index (χ1) is 13.9. The summed E-state index contributed by atoms with van der Waals surface area (Å²) in [5.74, 6) is 2.98. The molecule has 1 aromatic rings. The molecule has 2 aliphatic heterocycles. The molecular weight excluding hydrogens is 384 g/mol. The third-order valence-electron chi connectivity index (χ3n) is 6.11. The van der Waals surface area contributed by atoms with Gasteiger partial charge in [-0.2, -0.15) is 4.31 Å². The van der Waals surface area contributed by atoms with Gasteiger partial charge in [0.1, 0.15) is 0 Å². The second kappa shape index (κ2) is 9.94. The van der Waals surface area contributed by atoms with E-state index in [-0.39, 0.29) is 0 Å². The fourth-order valence-electron chi connectivity index (χ4n) is 4.55. The minimum atomic E-state index is -3.37. The molecule has 6 nitrogen and oxygen atoms in total. The number of likely N-dealkylation sites (tertiary alicyclic amines) is 1. The predicted molar refractivity (Wildman–Crippen MR) is 118 cm³/mol. The van der Waals surface area contributed by atoms with Crippen LogP contribution in [0, 0.1) is 17.8 Å². The van der Waals surface area contributed by atoms with Crippen LogP contribution in [0.15, 0.2) is 40.2 Å². The van der Waals surface area contributed by atoms with Crippen molar-refractivity contribution in [1.82, 2.24) is 14.5 Å². The molecule has 2 fully saturated rings. The van der Waals surface area contributed by atoms with Gasteiger partial charge in [0.2, 0.25) is 10.0 Å². The smallest absolute Gasteiger partial charge is 0.243 e. The summed E-state index contributed by atoms with van der Waals surface area (Å²) in [5.41, 5.74) is 0. The number of hydrogen-bond donors (Lipinski definition) is 1. The SMILES string of the molecule is CN=C(NCC1CCN(S(=O)(=O)c2ccccc2)CC1)N1CCC(CC(C)C)C1. The van der Waals surface area contributed by atoms with Crippen LogP contribution in [0.2, 0.25) is 0 Å². The zero-order valence-corrected chi connectivity index (χ0v) is 18.9. The van der Waals surface area contributed by atoms with Crippen molar-refractivity contribution in [1.29, 1.82) is 0 Å². The van der Waals surface area contributed by atoms with Crippen LogP contribution in [-0.2, 0) is 10.0 Å². The number of piperidine rings is 1. The standard InChI is InChI=1S/C22H36N4O2S/c1-18(2)15-20-9-12-25(17-20)22(23-3)24-16-19-10-13-26(14-11-19)29(27,28)21-7-5-4-6-8-21/h4-8,18-20H,9-17H2,1-3H3,(H,23,24). The Morgan fingerprint density at radius 3 is 2.38 bits per heavy atom. The molecule has 0 aliphatic carbocycles. The fourth-order valence-corrected chi connectivity index (χ4v) is 6.04. The van der Waals surface area contributed by atoms with Crippen LogP contribution in [0.5, 0.6) is 0 Å². The van der Waals surface area contributed by atoms with Crippen molar-refractivity contribution < 1.29 is 8.42 Å². The van der Waals surface area contributed by atoms with Gasteiger partial charge >= 0.3 is 0 Å². The van der Waals surface area contributed by atoms with Gasteiger partial charge in [0, 0.05) is 39.8 Å². The first-order valence-corrected chi connectivity index (χ1v) is 12.3. The highest BCUT2D eigenvalue weighted by atomic mass is 32.2. The molecular formula is C22H36N4O2S. The predicted octanol–water partition coefficient (Wildman–Crippen LogP) is 3.03. The number of guanidine groups is 1. The van der Waals surface area contributed by atoms with E-state index in [9.17, 15) is 8.42 Å². The normalized spacial score (nSPS) is 22.4. The summed E-state index contributed by atoms with van der Waals surface area (Å²) in [6.45, 7) is 8.78. The van der Waals surface area contributed by atoms with E-state index in [1.807, 2.05) is 13.1 Å². The third-order valence-corrected chi connectivity index (χ3v) is 8.02.